The van der Waals surface area contributed by atoms with E-state index in [2.05, 4.69) is 35.6 Å². The molecule has 0 saturated heterocycles. The van der Waals surface area contributed by atoms with E-state index in [1.165, 1.54) is 5.56 Å². The standard InChI is InChI=1S/C18H17NO/c20-16(14-7-3-1-4-8-14)19-18-11-17(12-18,13-18)15-9-5-2-6-10-15/h1-10H,11-13H2,(H,19,20). The number of carbonyl (C=O) groups excluding carboxylic acids is 1. The molecule has 0 heterocycles. The lowest BCUT2D eigenvalue weighted by molar-refractivity contribution is -0.0808. The third kappa shape index (κ3) is 1.61. The van der Waals surface area contributed by atoms with E-state index in [1.807, 2.05) is 30.3 Å². The number of rotatable bonds is 3. The Hall–Kier alpha value is -2.09. The third-order valence-corrected chi connectivity index (χ3v) is 4.83. The number of amides is 1. The van der Waals surface area contributed by atoms with E-state index in [4.69, 9.17) is 0 Å². The zero-order valence-electron chi connectivity index (χ0n) is 11.3. The molecule has 1 N–H and O–H groups in total. The van der Waals surface area contributed by atoms with E-state index in [-0.39, 0.29) is 11.4 Å². The molecule has 2 bridgehead atoms. The van der Waals surface area contributed by atoms with Gasteiger partial charge in [-0.3, -0.25) is 4.79 Å². The number of carbonyl (C=O) groups is 1. The summed E-state index contributed by atoms with van der Waals surface area (Å²) >= 11 is 0. The first-order valence-electron chi connectivity index (χ1n) is 7.15. The molecule has 3 aliphatic rings. The van der Waals surface area contributed by atoms with Crippen molar-refractivity contribution < 1.29 is 4.79 Å². The largest absolute Gasteiger partial charge is 0.347 e. The average Bonchev–Trinajstić information content (AvgIpc) is 2.43. The van der Waals surface area contributed by atoms with Gasteiger partial charge < -0.3 is 5.32 Å². The maximum Gasteiger partial charge on any atom is 0.251 e. The summed E-state index contributed by atoms with van der Waals surface area (Å²) < 4.78 is 0. The summed E-state index contributed by atoms with van der Waals surface area (Å²) in [7, 11) is 0. The first kappa shape index (κ1) is 11.7. The molecule has 3 aliphatic carbocycles. The minimum Gasteiger partial charge on any atom is -0.347 e. The molecule has 2 heteroatoms. The molecule has 0 unspecified atom stereocenters. The highest BCUT2D eigenvalue weighted by atomic mass is 16.1. The second-order valence-electron chi connectivity index (χ2n) is 6.28. The molecule has 0 radical (unpaired) electrons. The lowest BCUT2D eigenvalue weighted by Crippen LogP contribution is -2.76. The van der Waals surface area contributed by atoms with Crippen molar-refractivity contribution in [2.24, 2.45) is 0 Å². The minimum atomic E-state index is 0.0583. The summed E-state index contributed by atoms with van der Waals surface area (Å²) in [4.78, 5) is 12.2. The maximum atomic E-state index is 12.2. The molecule has 100 valence electrons. The summed E-state index contributed by atoms with van der Waals surface area (Å²) in [5.74, 6) is 0.0620. The van der Waals surface area contributed by atoms with E-state index >= 15 is 0 Å². The summed E-state index contributed by atoms with van der Waals surface area (Å²) in [6, 6.07) is 20.2. The molecule has 2 aromatic carbocycles. The Bertz CT molecular complexity index is 628. The van der Waals surface area contributed by atoms with Gasteiger partial charge in [-0.05, 0) is 37.0 Å². The third-order valence-electron chi connectivity index (χ3n) is 4.83. The molecule has 0 aromatic heterocycles. The molecule has 0 atom stereocenters. The van der Waals surface area contributed by atoms with E-state index in [0.29, 0.717) is 5.41 Å². The molecule has 2 aromatic rings. The van der Waals surface area contributed by atoms with Crippen LogP contribution in [-0.4, -0.2) is 11.4 Å². The molecule has 3 fully saturated rings. The van der Waals surface area contributed by atoms with Crippen molar-refractivity contribution in [2.45, 2.75) is 30.2 Å². The SMILES string of the molecule is O=C(NC12CC(c3ccccc3)(C1)C2)c1ccccc1. The Kier molecular flexibility index (Phi) is 2.31. The highest BCUT2D eigenvalue weighted by Gasteiger charge is 2.68. The van der Waals surface area contributed by atoms with E-state index < -0.39 is 0 Å². The molecule has 20 heavy (non-hydrogen) atoms. The van der Waals surface area contributed by atoms with Crippen LogP contribution in [0, 0.1) is 0 Å². The fourth-order valence-electron chi connectivity index (χ4n) is 3.92. The fraction of sp³-hybridized carbons (Fsp3) is 0.278. The zero-order valence-corrected chi connectivity index (χ0v) is 11.3. The van der Waals surface area contributed by atoms with Crippen molar-refractivity contribution >= 4 is 5.91 Å². The number of benzene rings is 2. The van der Waals surface area contributed by atoms with E-state index in [0.717, 1.165) is 24.8 Å². The Morgan fingerprint density at radius 1 is 0.850 bits per heavy atom. The number of hydrogen-bond donors (Lipinski definition) is 1. The summed E-state index contributed by atoms with van der Waals surface area (Å²) in [5, 5.41) is 3.23. The van der Waals surface area contributed by atoms with Crippen LogP contribution in [0.4, 0.5) is 0 Å². The molecule has 0 aliphatic heterocycles. The van der Waals surface area contributed by atoms with Gasteiger partial charge in [-0.1, -0.05) is 48.5 Å². The van der Waals surface area contributed by atoms with Crippen molar-refractivity contribution in [3.63, 3.8) is 0 Å². The lowest BCUT2D eigenvalue weighted by Gasteiger charge is -2.71. The van der Waals surface area contributed by atoms with Gasteiger partial charge in [-0.25, -0.2) is 0 Å². The van der Waals surface area contributed by atoms with Crippen molar-refractivity contribution in [2.75, 3.05) is 0 Å². The second kappa shape index (κ2) is 3.95. The smallest absolute Gasteiger partial charge is 0.251 e. The summed E-state index contributed by atoms with van der Waals surface area (Å²) in [6.07, 6.45) is 3.26. The molecule has 3 saturated carbocycles. The van der Waals surface area contributed by atoms with Gasteiger partial charge in [0.1, 0.15) is 0 Å². The van der Waals surface area contributed by atoms with Crippen LogP contribution in [0.3, 0.4) is 0 Å². The highest BCUT2D eigenvalue weighted by Crippen LogP contribution is 2.67. The summed E-state index contributed by atoms with van der Waals surface area (Å²) in [6.45, 7) is 0. The normalized spacial score (nSPS) is 30.0. The van der Waals surface area contributed by atoms with Crippen molar-refractivity contribution in [1.29, 1.82) is 0 Å². The molecule has 5 rings (SSSR count). The van der Waals surface area contributed by atoms with Crippen molar-refractivity contribution in [1.82, 2.24) is 5.32 Å². The van der Waals surface area contributed by atoms with Crippen LogP contribution in [-0.2, 0) is 5.41 Å². The monoisotopic (exact) mass is 263 g/mol. The Morgan fingerprint density at radius 3 is 2.00 bits per heavy atom. The van der Waals surface area contributed by atoms with Crippen LogP contribution in [0.2, 0.25) is 0 Å². The zero-order chi connectivity index (χ0) is 13.6. The van der Waals surface area contributed by atoms with Crippen LogP contribution in [0.5, 0.6) is 0 Å². The van der Waals surface area contributed by atoms with Gasteiger partial charge in [0.15, 0.2) is 0 Å². The van der Waals surface area contributed by atoms with Crippen LogP contribution < -0.4 is 5.32 Å². The Labute approximate surface area is 118 Å². The summed E-state index contributed by atoms with van der Waals surface area (Å²) in [5.41, 5.74) is 2.58. The Morgan fingerprint density at radius 2 is 1.40 bits per heavy atom. The maximum absolute atomic E-state index is 12.2. The van der Waals surface area contributed by atoms with E-state index in [1.54, 1.807) is 0 Å². The van der Waals surface area contributed by atoms with E-state index in [9.17, 15) is 4.79 Å². The van der Waals surface area contributed by atoms with Crippen LogP contribution in [0.15, 0.2) is 60.7 Å². The second-order valence-corrected chi connectivity index (χ2v) is 6.28. The fourth-order valence-corrected chi connectivity index (χ4v) is 3.92. The van der Waals surface area contributed by atoms with Gasteiger partial charge in [-0.2, -0.15) is 0 Å². The molecule has 0 spiro atoms. The van der Waals surface area contributed by atoms with Gasteiger partial charge in [0.25, 0.3) is 5.91 Å². The van der Waals surface area contributed by atoms with Gasteiger partial charge in [0.05, 0.1) is 0 Å². The molecular weight excluding hydrogens is 246 g/mol. The lowest BCUT2D eigenvalue weighted by atomic mass is 9.37. The molecule has 1 amide bonds. The van der Waals surface area contributed by atoms with Crippen molar-refractivity contribution in [3.8, 4) is 0 Å². The number of nitrogens with one attached hydrogen (secondary N) is 1. The quantitative estimate of drug-likeness (QED) is 0.904. The van der Waals surface area contributed by atoms with Crippen molar-refractivity contribution in [3.05, 3.63) is 71.8 Å². The molecular formula is C18H17NO. The highest BCUT2D eigenvalue weighted by molar-refractivity contribution is 5.95. The number of hydrogen-bond acceptors (Lipinski definition) is 1. The van der Waals surface area contributed by atoms with Crippen LogP contribution >= 0.6 is 0 Å². The first-order chi connectivity index (χ1) is 9.72. The van der Waals surface area contributed by atoms with Crippen LogP contribution in [0.25, 0.3) is 0 Å². The van der Waals surface area contributed by atoms with Gasteiger partial charge in [-0.15, -0.1) is 0 Å². The van der Waals surface area contributed by atoms with Gasteiger partial charge in [0, 0.05) is 16.5 Å². The van der Waals surface area contributed by atoms with Crippen LogP contribution in [0.1, 0.15) is 35.2 Å². The van der Waals surface area contributed by atoms with Gasteiger partial charge >= 0.3 is 0 Å². The minimum absolute atomic E-state index is 0.0583. The predicted octanol–water partition coefficient (Wildman–Crippen LogP) is 3.29. The average molecular weight is 263 g/mol. The van der Waals surface area contributed by atoms with Gasteiger partial charge in [0.2, 0.25) is 0 Å². The topological polar surface area (TPSA) is 29.1 Å². The molecule has 2 nitrogen and oxygen atoms in total. The first-order valence-corrected chi connectivity index (χ1v) is 7.15. The Balaban J connectivity index is 1.44. The predicted molar refractivity (Wildman–Crippen MR) is 78.6 cm³/mol.